The van der Waals surface area contributed by atoms with Crippen molar-refractivity contribution in [2.24, 2.45) is 5.92 Å². The zero-order valence-electron chi connectivity index (χ0n) is 13.8. The van der Waals surface area contributed by atoms with Gasteiger partial charge in [-0.15, -0.1) is 0 Å². The van der Waals surface area contributed by atoms with Crippen LogP contribution in [0.15, 0.2) is 36.4 Å². The molecule has 0 saturated heterocycles. The van der Waals surface area contributed by atoms with Crippen LogP contribution in [0.2, 0.25) is 0 Å². The largest absolute Gasteiger partial charge is 0.322 e. The van der Waals surface area contributed by atoms with Crippen molar-refractivity contribution in [3.63, 3.8) is 0 Å². The molecule has 25 heavy (non-hydrogen) atoms. The second-order valence-corrected chi connectivity index (χ2v) is 6.11. The minimum Gasteiger partial charge on any atom is -0.322 e. The molecule has 1 unspecified atom stereocenters. The molecule has 2 aromatic carbocycles. The summed E-state index contributed by atoms with van der Waals surface area (Å²) in [4.78, 5) is 27.7. The minimum absolute atomic E-state index is 0.0722. The van der Waals surface area contributed by atoms with E-state index in [2.05, 4.69) is 10.2 Å². The van der Waals surface area contributed by atoms with Crippen LogP contribution in [-0.4, -0.2) is 11.7 Å². The first kappa shape index (κ1) is 16.8. The van der Waals surface area contributed by atoms with Gasteiger partial charge in [-0.05, 0) is 49.1 Å². The number of carbonyl (C=O) groups is 2. The van der Waals surface area contributed by atoms with Gasteiger partial charge < -0.3 is 5.32 Å². The van der Waals surface area contributed by atoms with Crippen molar-refractivity contribution >= 4 is 23.1 Å². The van der Waals surface area contributed by atoms with Gasteiger partial charge in [0.05, 0.1) is 12.1 Å². The van der Waals surface area contributed by atoms with Gasteiger partial charge in [-0.1, -0.05) is 19.1 Å². The highest BCUT2D eigenvalue weighted by Gasteiger charge is 2.26. The van der Waals surface area contributed by atoms with E-state index in [1.165, 1.54) is 12.1 Å². The lowest BCUT2D eigenvalue weighted by Crippen LogP contribution is -2.22. The summed E-state index contributed by atoms with van der Waals surface area (Å²) in [5.41, 5.74) is 2.18. The smallest absolute Gasteiger partial charge is 0.258 e. The van der Waals surface area contributed by atoms with Crippen molar-refractivity contribution in [3.05, 3.63) is 70.3 Å². The maximum atomic E-state index is 13.9. The van der Waals surface area contributed by atoms with Crippen LogP contribution in [0.4, 0.5) is 15.8 Å². The molecule has 1 atom stereocenters. The standard InChI is InChI=1S/C20H17FN2O2/c1-3-12-4-5-13-10-15(7-8-16(13)19(12)24)23-20(25)17-9-6-14(22-2)11-18(17)21/h6-12H,3-5H2,1H3,(H,23,25). The maximum Gasteiger partial charge on any atom is 0.258 e. The molecule has 1 aliphatic carbocycles. The molecular formula is C20H17FN2O2. The van der Waals surface area contributed by atoms with Crippen LogP contribution < -0.4 is 5.32 Å². The number of carbonyl (C=O) groups excluding carboxylic acids is 2. The zero-order valence-corrected chi connectivity index (χ0v) is 13.8. The Morgan fingerprint density at radius 3 is 2.80 bits per heavy atom. The quantitative estimate of drug-likeness (QED) is 0.820. The van der Waals surface area contributed by atoms with Crippen LogP contribution in [0.25, 0.3) is 4.85 Å². The summed E-state index contributed by atoms with van der Waals surface area (Å²) in [5, 5.41) is 2.66. The fraction of sp³-hybridized carbons (Fsp3) is 0.250. The van der Waals surface area contributed by atoms with Crippen LogP contribution >= 0.6 is 0 Å². The Balaban J connectivity index is 1.81. The van der Waals surface area contributed by atoms with E-state index >= 15 is 0 Å². The number of aryl methyl sites for hydroxylation is 1. The number of rotatable bonds is 3. The number of benzene rings is 2. The highest BCUT2D eigenvalue weighted by atomic mass is 19.1. The van der Waals surface area contributed by atoms with Crippen LogP contribution in [0.3, 0.4) is 0 Å². The Morgan fingerprint density at radius 2 is 2.12 bits per heavy atom. The van der Waals surface area contributed by atoms with E-state index in [1.54, 1.807) is 18.2 Å². The predicted octanol–water partition coefficient (Wildman–Crippen LogP) is 4.78. The van der Waals surface area contributed by atoms with E-state index in [-0.39, 0.29) is 23.0 Å². The van der Waals surface area contributed by atoms with Gasteiger partial charge in [0.1, 0.15) is 5.82 Å². The van der Waals surface area contributed by atoms with Gasteiger partial charge in [-0.25, -0.2) is 9.24 Å². The molecule has 2 aromatic rings. The van der Waals surface area contributed by atoms with Crippen molar-refractivity contribution in [1.29, 1.82) is 0 Å². The van der Waals surface area contributed by atoms with Crippen molar-refractivity contribution in [2.45, 2.75) is 26.2 Å². The fourth-order valence-corrected chi connectivity index (χ4v) is 3.15. The Labute approximate surface area is 145 Å². The molecule has 0 bridgehead atoms. The third-order valence-electron chi connectivity index (χ3n) is 4.58. The Morgan fingerprint density at radius 1 is 1.32 bits per heavy atom. The molecule has 0 saturated carbocycles. The van der Waals surface area contributed by atoms with Gasteiger partial charge in [0.15, 0.2) is 11.5 Å². The topological polar surface area (TPSA) is 50.5 Å². The van der Waals surface area contributed by atoms with Crippen LogP contribution in [0.1, 0.15) is 46.0 Å². The summed E-state index contributed by atoms with van der Waals surface area (Å²) in [6.07, 6.45) is 2.43. The molecule has 0 fully saturated rings. The van der Waals surface area contributed by atoms with E-state index in [0.717, 1.165) is 30.9 Å². The van der Waals surface area contributed by atoms with Crippen LogP contribution in [0, 0.1) is 18.3 Å². The van der Waals surface area contributed by atoms with Crippen LogP contribution in [-0.2, 0) is 6.42 Å². The molecule has 0 aromatic heterocycles. The highest BCUT2D eigenvalue weighted by molar-refractivity contribution is 6.05. The Hall–Kier alpha value is -3.00. The molecule has 1 aliphatic rings. The third-order valence-corrected chi connectivity index (χ3v) is 4.58. The minimum atomic E-state index is -0.732. The van der Waals surface area contributed by atoms with Gasteiger partial charge in [0.25, 0.3) is 5.91 Å². The summed E-state index contributed by atoms with van der Waals surface area (Å²) in [6.45, 7) is 8.87. The van der Waals surface area contributed by atoms with Crippen molar-refractivity contribution in [1.82, 2.24) is 0 Å². The van der Waals surface area contributed by atoms with Gasteiger partial charge in [0.2, 0.25) is 0 Å². The number of fused-ring (bicyclic) bond motifs is 1. The van der Waals surface area contributed by atoms with E-state index in [0.29, 0.717) is 11.3 Å². The van der Waals surface area contributed by atoms with Crippen molar-refractivity contribution in [3.8, 4) is 0 Å². The number of nitrogens with one attached hydrogen (secondary N) is 1. The van der Waals surface area contributed by atoms with Gasteiger partial charge >= 0.3 is 0 Å². The predicted molar refractivity (Wildman–Crippen MR) is 93.5 cm³/mol. The molecule has 4 nitrogen and oxygen atoms in total. The number of nitrogens with zero attached hydrogens (tertiary/aromatic N) is 1. The number of ketones is 1. The lowest BCUT2D eigenvalue weighted by molar-refractivity contribution is 0.0898. The first-order valence-electron chi connectivity index (χ1n) is 8.19. The number of halogens is 1. The first-order chi connectivity index (χ1) is 12.0. The average molecular weight is 336 g/mol. The molecule has 126 valence electrons. The summed E-state index contributed by atoms with van der Waals surface area (Å²) >= 11 is 0. The molecule has 0 spiro atoms. The first-order valence-corrected chi connectivity index (χ1v) is 8.19. The number of Topliss-reactive ketones (excluding diaryl/α,β-unsaturated/α-hetero) is 1. The van der Waals surface area contributed by atoms with Crippen molar-refractivity contribution < 1.29 is 14.0 Å². The highest BCUT2D eigenvalue weighted by Crippen LogP contribution is 2.29. The lowest BCUT2D eigenvalue weighted by atomic mass is 9.81. The fourth-order valence-electron chi connectivity index (χ4n) is 3.15. The van der Waals surface area contributed by atoms with E-state index < -0.39 is 11.7 Å². The summed E-state index contributed by atoms with van der Waals surface area (Å²) in [5.74, 6) is -1.09. The molecule has 5 heteroatoms. The molecule has 0 radical (unpaired) electrons. The molecule has 0 heterocycles. The van der Waals surface area contributed by atoms with Crippen molar-refractivity contribution in [2.75, 3.05) is 5.32 Å². The summed E-state index contributed by atoms with van der Waals surface area (Å²) in [7, 11) is 0. The number of hydrogen-bond acceptors (Lipinski definition) is 2. The molecule has 1 N–H and O–H groups in total. The summed E-state index contributed by atoms with van der Waals surface area (Å²) in [6, 6.07) is 8.92. The monoisotopic (exact) mass is 336 g/mol. The maximum absolute atomic E-state index is 13.9. The number of hydrogen-bond donors (Lipinski definition) is 1. The van der Waals surface area contributed by atoms with E-state index in [4.69, 9.17) is 6.57 Å². The van der Waals surface area contributed by atoms with Gasteiger partial charge in [0, 0.05) is 17.2 Å². The second-order valence-electron chi connectivity index (χ2n) is 6.11. The lowest BCUT2D eigenvalue weighted by Gasteiger charge is -2.22. The second kappa shape index (κ2) is 6.86. The van der Waals surface area contributed by atoms with Gasteiger partial charge in [-0.3, -0.25) is 9.59 Å². The normalized spacial score (nSPS) is 16.0. The molecular weight excluding hydrogens is 319 g/mol. The zero-order chi connectivity index (χ0) is 18.0. The van der Waals surface area contributed by atoms with Gasteiger partial charge in [-0.2, -0.15) is 0 Å². The average Bonchev–Trinajstić information content (AvgIpc) is 2.61. The number of anilines is 1. The Bertz CT molecular complexity index is 899. The van der Waals surface area contributed by atoms with Crippen LogP contribution in [0.5, 0.6) is 0 Å². The molecule has 0 aliphatic heterocycles. The summed E-state index contributed by atoms with van der Waals surface area (Å²) < 4.78 is 13.9. The molecule has 1 amide bonds. The molecule has 3 rings (SSSR count). The number of amides is 1. The van der Waals surface area contributed by atoms with E-state index in [9.17, 15) is 14.0 Å². The SMILES string of the molecule is [C-]#[N+]c1ccc(C(=O)Nc2ccc3c(c2)CCC(CC)C3=O)c(F)c1. The third kappa shape index (κ3) is 3.29. The Kier molecular flexibility index (Phi) is 4.62. The van der Waals surface area contributed by atoms with E-state index in [1.807, 2.05) is 6.92 Å².